The van der Waals surface area contributed by atoms with Crippen molar-refractivity contribution < 1.29 is 24.5 Å². The number of hydrogen-bond donors (Lipinski definition) is 2. The van der Waals surface area contributed by atoms with Crippen molar-refractivity contribution in [2.75, 3.05) is 0 Å². The van der Waals surface area contributed by atoms with Crippen LogP contribution in [-0.4, -0.2) is 27.6 Å². The number of carbonyl (C=O) groups is 2. The van der Waals surface area contributed by atoms with E-state index in [0.717, 1.165) is 27.3 Å². The van der Waals surface area contributed by atoms with E-state index in [0.29, 0.717) is 23.1 Å². The Kier molecular flexibility index (Phi) is 4.44. The molecule has 3 aromatic carbocycles. The number of carbonyl (C=O) groups excluding carboxylic acids is 2. The van der Waals surface area contributed by atoms with Gasteiger partial charge in [0.1, 0.15) is 11.4 Å². The first-order valence-electron chi connectivity index (χ1n) is 9.36. The summed E-state index contributed by atoms with van der Waals surface area (Å²) in [6, 6.07) is 11.8. The molecule has 0 aliphatic heterocycles. The van der Waals surface area contributed by atoms with Gasteiger partial charge in [-0.05, 0) is 59.2 Å². The van der Waals surface area contributed by atoms with Gasteiger partial charge in [-0.15, -0.1) is 0 Å². The molecule has 0 heterocycles. The molecule has 3 aromatic rings. The van der Waals surface area contributed by atoms with E-state index >= 15 is 0 Å². The molecule has 0 saturated heterocycles. The van der Waals surface area contributed by atoms with Gasteiger partial charge in [0, 0.05) is 24.3 Å². The van der Waals surface area contributed by atoms with Crippen LogP contribution in [0.5, 0.6) is 5.75 Å². The third-order valence-electron chi connectivity index (χ3n) is 5.78. The van der Waals surface area contributed by atoms with Crippen LogP contribution in [-0.2, 0) is 29.0 Å². The lowest BCUT2D eigenvalue weighted by Crippen LogP contribution is -2.43. The fraction of sp³-hybridized carbons (Fsp3) is 0.304. The normalized spacial score (nSPS) is 18.9. The van der Waals surface area contributed by atoms with Crippen molar-refractivity contribution in [3.8, 4) is 5.75 Å². The molecular weight excluding hydrogens is 356 g/mol. The van der Waals surface area contributed by atoms with Crippen molar-refractivity contribution in [1.29, 1.82) is 0 Å². The van der Waals surface area contributed by atoms with Crippen LogP contribution in [0.2, 0.25) is 0 Å². The summed E-state index contributed by atoms with van der Waals surface area (Å²) in [4.78, 5) is 23.9. The van der Waals surface area contributed by atoms with E-state index in [-0.39, 0.29) is 25.2 Å². The smallest absolute Gasteiger partial charge is 0.308 e. The number of aliphatic hydroxyl groups excluding tert-OH is 1. The standard InChI is InChI=1S/C23H22O5/c1-13(25)23(27)8-7-17-20(11-23)22(28-14(2)26)19-10-16-6-4-3-5-15(16)9-18(19)21(17)12-24/h3-6,9-10,24,27H,7-8,11-12H2,1-2H3/t23-/m1/s1. The van der Waals surface area contributed by atoms with Crippen LogP contribution in [0, 0.1) is 0 Å². The van der Waals surface area contributed by atoms with Gasteiger partial charge in [-0.3, -0.25) is 9.59 Å². The molecule has 5 nitrogen and oxygen atoms in total. The zero-order valence-electron chi connectivity index (χ0n) is 15.9. The van der Waals surface area contributed by atoms with Crippen molar-refractivity contribution in [3.05, 3.63) is 53.1 Å². The second-order valence-corrected chi connectivity index (χ2v) is 7.53. The Labute approximate surface area is 162 Å². The van der Waals surface area contributed by atoms with Crippen molar-refractivity contribution >= 4 is 33.3 Å². The van der Waals surface area contributed by atoms with Crippen molar-refractivity contribution in [2.45, 2.75) is 45.3 Å². The molecule has 0 fully saturated rings. The van der Waals surface area contributed by atoms with Crippen LogP contribution in [0.4, 0.5) is 0 Å². The van der Waals surface area contributed by atoms with Crippen molar-refractivity contribution in [2.24, 2.45) is 0 Å². The molecule has 1 atom stereocenters. The van der Waals surface area contributed by atoms with Gasteiger partial charge in [0.2, 0.25) is 0 Å². The van der Waals surface area contributed by atoms with E-state index in [2.05, 4.69) is 0 Å². The molecule has 0 aromatic heterocycles. The molecule has 0 unspecified atom stereocenters. The largest absolute Gasteiger partial charge is 0.426 e. The summed E-state index contributed by atoms with van der Waals surface area (Å²) in [6.07, 6.45) is 0.773. The lowest BCUT2D eigenvalue weighted by Gasteiger charge is -2.34. The van der Waals surface area contributed by atoms with E-state index in [1.807, 2.05) is 36.4 Å². The fourth-order valence-corrected chi connectivity index (χ4v) is 4.26. The lowest BCUT2D eigenvalue weighted by molar-refractivity contribution is -0.136. The van der Waals surface area contributed by atoms with Gasteiger partial charge in [0.25, 0.3) is 0 Å². The molecule has 4 rings (SSSR count). The number of benzene rings is 3. The summed E-state index contributed by atoms with van der Waals surface area (Å²) >= 11 is 0. The van der Waals surface area contributed by atoms with Gasteiger partial charge < -0.3 is 14.9 Å². The van der Waals surface area contributed by atoms with Gasteiger partial charge in [-0.25, -0.2) is 0 Å². The number of hydrogen-bond acceptors (Lipinski definition) is 5. The van der Waals surface area contributed by atoms with E-state index in [4.69, 9.17) is 4.74 Å². The first-order valence-corrected chi connectivity index (χ1v) is 9.36. The van der Waals surface area contributed by atoms with Crippen molar-refractivity contribution in [3.63, 3.8) is 0 Å². The Bertz CT molecular complexity index is 1130. The second kappa shape index (κ2) is 6.69. The zero-order valence-corrected chi connectivity index (χ0v) is 15.9. The van der Waals surface area contributed by atoms with Gasteiger partial charge >= 0.3 is 5.97 Å². The summed E-state index contributed by atoms with van der Waals surface area (Å²) in [7, 11) is 0. The van der Waals surface area contributed by atoms with E-state index in [1.165, 1.54) is 13.8 Å². The number of ether oxygens (including phenoxy) is 1. The minimum absolute atomic E-state index is 0.0655. The Morgan fingerprint density at radius 2 is 1.71 bits per heavy atom. The molecule has 144 valence electrons. The Hall–Kier alpha value is -2.76. The van der Waals surface area contributed by atoms with Gasteiger partial charge in [0.15, 0.2) is 5.78 Å². The molecule has 0 spiro atoms. The zero-order chi connectivity index (χ0) is 20.1. The average molecular weight is 378 g/mol. The average Bonchev–Trinajstić information content (AvgIpc) is 2.66. The second-order valence-electron chi connectivity index (χ2n) is 7.53. The molecule has 2 N–H and O–H groups in total. The monoisotopic (exact) mass is 378 g/mol. The summed E-state index contributed by atoms with van der Waals surface area (Å²) in [5, 5.41) is 24.5. The molecular formula is C23H22O5. The molecule has 0 radical (unpaired) electrons. The summed E-state index contributed by atoms with van der Waals surface area (Å²) in [5.74, 6) is -0.402. The van der Waals surface area contributed by atoms with Crippen LogP contribution in [0.25, 0.3) is 21.5 Å². The Morgan fingerprint density at radius 1 is 1.07 bits per heavy atom. The number of ketones is 1. The molecule has 0 amide bonds. The molecule has 1 aliphatic rings. The number of rotatable bonds is 3. The number of esters is 1. The quantitative estimate of drug-likeness (QED) is 0.415. The number of Topliss-reactive ketones (excluding diaryl/α,β-unsaturated/α-hetero) is 1. The summed E-state index contributed by atoms with van der Waals surface area (Å²) in [5.41, 5.74) is 0.759. The Balaban J connectivity index is 2.10. The van der Waals surface area contributed by atoms with E-state index in [1.54, 1.807) is 0 Å². The maximum absolute atomic E-state index is 12.0. The van der Waals surface area contributed by atoms with E-state index < -0.39 is 11.6 Å². The summed E-state index contributed by atoms with van der Waals surface area (Å²) in [6.45, 7) is 2.53. The maximum atomic E-state index is 12.0. The highest BCUT2D eigenvalue weighted by Gasteiger charge is 2.39. The van der Waals surface area contributed by atoms with Crippen LogP contribution in [0.1, 0.15) is 37.0 Å². The van der Waals surface area contributed by atoms with Crippen LogP contribution in [0.15, 0.2) is 36.4 Å². The van der Waals surface area contributed by atoms with Crippen LogP contribution >= 0.6 is 0 Å². The molecule has 5 heteroatoms. The molecule has 0 bridgehead atoms. The van der Waals surface area contributed by atoms with Gasteiger partial charge in [0.05, 0.1) is 6.61 Å². The number of fused-ring (bicyclic) bond motifs is 3. The maximum Gasteiger partial charge on any atom is 0.308 e. The first-order chi connectivity index (χ1) is 13.3. The SMILES string of the molecule is CC(=O)Oc1c2c(c(CO)c3cc4ccccc4cc13)CC[C@](O)(C(C)=O)C2. The van der Waals surface area contributed by atoms with Gasteiger partial charge in [-0.2, -0.15) is 0 Å². The fourth-order valence-electron chi connectivity index (χ4n) is 4.26. The third kappa shape index (κ3) is 2.87. The minimum atomic E-state index is -1.49. The molecule has 28 heavy (non-hydrogen) atoms. The third-order valence-corrected chi connectivity index (χ3v) is 5.78. The van der Waals surface area contributed by atoms with Crippen molar-refractivity contribution in [1.82, 2.24) is 0 Å². The highest BCUT2D eigenvalue weighted by Crippen LogP contribution is 2.44. The minimum Gasteiger partial charge on any atom is -0.426 e. The predicted molar refractivity (Wildman–Crippen MR) is 106 cm³/mol. The predicted octanol–water partition coefficient (Wildman–Crippen LogP) is 3.22. The number of aliphatic hydroxyl groups is 2. The Morgan fingerprint density at radius 3 is 2.29 bits per heavy atom. The first kappa shape index (κ1) is 18.6. The topological polar surface area (TPSA) is 83.8 Å². The van der Waals surface area contributed by atoms with Gasteiger partial charge in [-0.1, -0.05) is 24.3 Å². The molecule has 1 aliphatic carbocycles. The lowest BCUT2D eigenvalue weighted by atomic mass is 9.75. The van der Waals surface area contributed by atoms with E-state index in [9.17, 15) is 19.8 Å². The molecule has 0 saturated carbocycles. The van der Waals surface area contributed by atoms with Crippen LogP contribution < -0.4 is 4.74 Å². The summed E-state index contributed by atoms with van der Waals surface area (Å²) < 4.78 is 5.60. The van der Waals surface area contributed by atoms with Crippen LogP contribution in [0.3, 0.4) is 0 Å². The highest BCUT2D eigenvalue weighted by molar-refractivity contribution is 6.04. The highest BCUT2D eigenvalue weighted by atomic mass is 16.5.